The summed E-state index contributed by atoms with van der Waals surface area (Å²) < 4.78 is 97.0. The Bertz CT molecular complexity index is 901. The molecule has 0 aliphatic carbocycles. The lowest BCUT2D eigenvalue weighted by molar-refractivity contribution is 0.563. The Morgan fingerprint density at radius 1 is 0.278 bits per heavy atom. The van der Waals surface area contributed by atoms with Gasteiger partial charge < -0.3 is 0 Å². The maximum Gasteiger partial charge on any atom is 0.253 e. The molecule has 0 unspecified atom stereocenters. The van der Waals surface area contributed by atoms with E-state index in [1.807, 2.05) is 0 Å². The van der Waals surface area contributed by atoms with Crippen LogP contribution < -0.4 is 0 Å². The first-order chi connectivity index (χ1) is 16.8. The van der Waals surface area contributed by atoms with E-state index in [9.17, 15) is 33.7 Å². The van der Waals surface area contributed by atoms with Gasteiger partial charge in [-0.1, -0.05) is 104 Å². The van der Waals surface area contributed by atoms with Gasteiger partial charge in [0.25, 0.3) is 35.5 Å². The minimum Gasteiger partial charge on any atom is -0.213 e. The molecule has 0 atom stereocenters. The van der Waals surface area contributed by atoms with Gasteiger partial charge in [0.05, 0.1) is 23.0 Å². The number of rotatable bonds is 25. The number of hydrogen-bond acceptors (Lipinski definition) is 8. The molecule has 0 heterocycles. The number of unbranched alkanes of at least 4 members (excludes halogenated alkanes) is 15. The van der Waals surface area contributed by atoms with Crippen molar-refractivity contribution in [3.05, 3.63) is 0 Å². The Morgan fingerprint density at radius 2 is 0.444 bits per heavy atom. The summed E-state index contributed by atoms with van der Waals surface area (Å²) in [5.74, 6) is -1.27. The smallest absolute Gasteiger partial charge is 0.213 e. The molecule has 0 fully saturated rings. The Balaban J connectivity index is 4.00. The zero-order valence-corrected chi connectivity index (χ0v) is 25.7. The lowest BCUT2D eigenvalue weighted by Gasteiger charge is -2.07. The fourth-order valence-electron chi connectivity index (χ4n) is 3.89. The molecule has 36 heavy (non-hydrogen) atoms. The van der Waals surface area contributed by atoms with Crippen LogP contribution in [-0.2, 0) is 35.5 Å². The largest absolute Gasteiger partial charge is 0.253 e. The van der Waals surface area contributed by atoms with Crippen LogP contribution in [0.3, 0.4) is 0 Å². The summed E-state index contributed by atoms with van der Waals surface area (Å²) in [5.41, 5.74) is 0. The van der Waals surface area contributed by atoms with Gasteiger partial charge in [0.15, 0.2) is 0 Å². The molecule has 0 aromatic rings. The van der Waals surface area contributed by atoms with Crippen molar-refractivity contribution >= 4 is 35.5 Å². The standard InChI is InChI=1S/C24H50O8S4/c1-3-5-7-13-17-21-33(25,26)35(29,30)23-19-15-11-9-10-12-16-20-24-36(31,32)34(27,28)22-18-14-8-6-4-2/h3-24H2,1-2H3. The van der Waals surface area contributed by atoms with E-state index in [2.05, 4.69) is 13.8 Å². The van der Waals surface area contributed by atoms with Crippen molar-refractivity contribution in [2.24, 2.45) is 0 Å². The van der Waals surface area contributed by atoms with Crippen LogP contribution in [-0.4, -0.2) is 56.7 Å². The SMILES string of the molecule is CCCCCCCS(=O)(=O)S(=O)(=O)CCCCCCCCCCS(=O)(=O)S(=O)(=O)CCCCCCC. The highest BCUT2D eigenvalue weighted by Gasteiger charge is 2.29. The minimum absolute atomic E-state index is 0.297. The third-order valence-corrected chi connectivity index (χ3v) is 17.7. The predicted octanol–water partition coefficient (Wildman–Crippen LogP) is 5.54. The second-order valence-corrected chi connectivity index (χ2v) is 21.9. The van der Waals surface area contributed by atoms with Crippen molar-refractivity contribution in [2.45, 2.75) is 129 Å². The fraction of sp³-hybridized carbons (Fsp3) is 1.00. The molecular formula is C24H50O8S4. The molecule has 0 aromatic heterocycles. The third-order valence-electron chi connectivity index (χ3n) is 6.31. The molecule has 0 saturated carbocycles. The average Bonchev–Trinajstić information content (AvgIpc) is 2.79. The molecule has 0 saturated heterocycles. The van der Waals surface area contributed by atoms with Crippen LogP contribution in [0, 0.1) is 0 Å². The highest BCUT2D eigenvalue weighted by Crippen LogP contribution is 2.16. The van der Waals surface area contributed by atoms with Gasteiger partial charge in [0.2, 0.25) is 0 Å². The Kier molecular flexibility index (Phi) is 18.8. The second kappa shape index (κ2) is 19.0. The molecule has 0 rings (SSSR count). The fourth-order valence-corrected chi connectivity index (χ4v) is 11.6. The van der Waals surface area contributed by atoms with Crippen LogP contribution >= 0.6 is 0 Å². The molecule has 0 aliphatic rings. The maximum atomic E-state index is 12.2. The normalized spacial score (nSPS) is 13.3. The lowest BCUT2D eigenvalue weighted by atomic mass is 10.1. The van der Waals surface area contributed by atoms with Gasteiger partial charge in [-0.15, -0.1) is 0 Å². The van der Waals surface area contributed by atoms with E-state index in [1.165, 1.54) is 0 Å². The van der Waals surface area contributed by atoms with Crippen LogP contribution in [0.2, 0.25) is 0 Å². The summed E-state index contributed by atoms with van der Waals surface area (Å²) in [4.78, 5) is 0. The predicted molar refractivity (Wildman–Crippen MR) is 150 cm³/mol. The molecule has 218 valence electrons. The van der Waals surface area contributed by atoms with E-state index in [4.69, 9.17) is 0 Å². The lowest BCUT2D eigenvalue weighted by Crippen LogP contribution is -2.22. The van der Waals surface area contributed by atoms with Gasteiger partial charge in [-0.3, -0.25) is 0 Å². The molecule has 0 aromatic carbocycles. The van der Waals surface area contributed by atoms with E-state index in [-0.39, 0.29) is 23.0 Å². The summed E-state index contributed by atoms with van der Waals surface area (Å²) in [7, 11) is -16.5. The van der Waals surface area contributed by atoms with Crippen LogP contribution in [0.5, 0.6) is 0 Å². The van der Waals surface area contributed by atoms with Gasteiger partial charge in [0, 0.05) is 0 Å². The first-order valence-electron chi connectivity index (χ1n) is 13.7. The highest BCUT2D eigenvalue weighted by molar-refractivity contribution is 8.67. The van der Waals surface area contributed by atoms with Crippen molar-refractivity contribution in [2.75, 3.05) is 23.0 Å². The van der Waals surface area contributed by atoms with Gasteiger partial charge in [-0.2, -0.15) is 0 Å². The van der Waals surface area contributed by atoms with E-state index >= 15 is 0 Å². The highest BCUT2D eigenvalue weighted by atomic mass is 33.2. The van der Waals surface area contributed by atoms with E-state index in [1.54, 1.807) is 0 Å². The average molecular weight is 595 g/mol. The summed E-state index contributed by atoms with van der Waals surface area (Å²) >= 11 is 0. The molecule has 0 spiro atoms. The Labute approximate surface area is 220 Å². The van der Waals surface area contributed by atoms with Crippen LogP contribution in [0.1, 0.15) is 129 Å². The second-order valence-electron chi connectivity index (χ2n) is 9.70. The minimum atomic E-state index is -4.13. The summed E-state index contributed by atoms with van der Waals surface area (Å²) in [5, 5.41) is 0. The van der Waals surface area contributed by atoms with Crippen LogP contribution in [0.25, 0.3) is 0 Å². The first kappa shape index (κ1) is 35.8. The van der Waals surface area contributed by atoms with E-state index < -0.39 is 35.5 Å². The molecule has 8 nitrogen and oxygen atoms in total. The van der Waals surface area contributed by atoms with E-state index in [0.717, 1.165) is 77.0 Å². The monoisotopic (exact) mass is 594 g/mol. The number of hydrogen-bond donors (Lipinski definition) is 0. The quantitative estimate of drug-likeness (QED) is 0.0993. The molecule has 0 N–H and O–H groups in total. The first-order valence-corrected chi connectivity index (χ1v) is 21.4. The topological polar surface area (TPSA) is 137 Å². The molecule has 0 amide bonds. The van der Waals surface area contributed by atoms with Crippen molar-refractivity contribution in [1.29, 1.82) is 0 Å². The van der Waals surface area contributed by atoms with Gasteiger partial charge in [0.1, 0.15) is 0 Å². The van der Waals surface area contributed by atoms with Crippen molar-refractivity contribution in [1.82, 2.24) is 0 Å². The Hall–Kier alpha value is -0.200. The van der Waals surface area contributed by atoms with Crippen LogP contribution in [0.4, 0.5) is 0 Å². The maximum absolute atomic E-state index is 12.2. The van der Waals surface area contributed by atoms with Gasteiger partial charge in [-0.25, -0.2) is 33.7 Å². The van der Waals surface area contributed by atoms with Crippen molar-refractivity contribution < 1.29 is 33.7 Å². The summed E-state index contributed by atoms with van der Waals surface area (Å²) in [6.07, 6.45) is 13.3. The molecule has 0 bridgehead atoms. The molecule has 0 radical (unpaired) electrons. The van der Waals surface area contributed by atoms with E-state index in [0.29, 0.717) is 38.5 Å². The Morgan fingerprint density at radius 3 is 0.639 bits per heavy atom. The van der Waals surface area contributed by atoms with Crippen LogP contribution in [0.15, 0.2) is 0 Å². The summed E-state index contributed by atoms with van der Waals surface area (Å²) in [6.45, 7) is 4.11. The summed E-state index contributed by atoms with van der Waals surface area (Å²) in [6, 6.07) is 0. The third kappa shape index (κ3) is 15.3. The molecular weight excluding hydrogens is 545 g/mol. The molecule has 12 heteroatoms. The zero-order chi connectivity index (χ0) is 27.6. The molecule has 0 aliphatic heterocycles. The zero-order valence-electron chi connectivity index (χ0n) is 22.5. The van der Waals surface area contributed by atoms with Gasteiger partial charge >= 0.3 is 0 Å². The van der Waals surface area contributed by atoms with Crippen molar-refractivity contribution in [3.63, 3.8) is 0 Å². The van der Waals surface area contributed by atoms with Crippen molar-refractivity contribution in [3.8, 4) is 0 Å². The van der Waals surface area contributed by atoms with Gasteiger partial charge in [-0.05, 0) is 25.7 Å².